The molecule has 2 aromatic rings. The van der Waals surface area contributed by atoms with Crippen molar-refractivity contribution in [3.63, 3.8) is 0 Å². The number of nitrogens with zero attached hydrogens (tertiary/aromatic N) is 1. The van der Waals surface area contributed by atoms with E-state index in [1.807, 2.05) is 6.92 Å². The number of benzene rings is 1. The maximum atomic E-state index is 13.7. The molecule has 0 radical (unpaired) electrons. The molecule has 0 saturated carbocycles. The molecule has 0 bridgehead atoms. The molecule has 1 aromatic heterocycles. The second-order valence-electron chi connectivity index (χ2n) is 8.71. The largest absolute Gasteiger partial charge is 0.465 e. The lowest BCUT2D eigenvalue weighted by Crippen LogP contribution is -2.43. The number of rotatable bonds is 12. The molecular formula is C23H31ClN3O9P. The number of aliphatic hydroxyl groups excluding tert-OH is 1. The smallest absolute Gasteiger partial charge is 0.459 e. The summed E-state index contributed by atoms with van der Waals surface area (Å²) >= 11 is 6.53. The van der Waals surface area contributed by atoms with Crippen LogP contribution in [0.25, 0.3) is 0 Å². The van der Waals surface area contributed by atoms with Crippen molar-refractivity contribution in [1.82, 2.24) is 14.6 Å². The number of unbranched alkanes of at least 4 members (excludes halogenated alkanes) is 1. The summed E-state index contributed by atoms with van der Waals surface area (Å²) < 4.78 is 36.8. The van der Waals surface area contributed by atoms with Crippen LogP contribution in [0.4, 0.5) is 0 Å². The molecule has 1 aromatic carbocycles. The molecule has 6 atom stereocenters. The highest BCUT2D eigenvalue weighted by Gasteiger charge is 2.54. The molecule has 1 fully saturated rings. The van der Waals surface area contributed by atoms with Crippen LogP contribution in [0.1, 0.15) is 39.8 Å². The van der Waals surface area contributed by atoms with Gasteiger partial charge in [0.25, 0.3) is 5.56 Å². The molecule has 3 N–H and O–H groups in total. The van der Waals surface area contributed by atoms with Crippen LogP contribution < -0.4 is 20.9 Å². The lowest BCUT2D eigenvalue weighted by atomic mass is 10.0. The van der Waals surface area contributed by atoms with Crippen molar-refractivity contribution in [2.24, 2.45) is 0 Å². The van der Waals surface area contributed by atoms with Gasteiger partial charge in [0.05, 0.1) is 13.2 Å². The van der Waals surface area contributed by atoms with Crippen molar-refractivity contribution in [3.8, 4) is 5.75 Å². The molecule has 37 heavy (non-hydrogen) atoms. The number of alkyl halides is 1. The van der Waals surface area contributed by atoms with E-state index in [0.29, 0.717) is 6.42 Å². The van der Waals surface area contributed by atoms with Crippen LogP contribution in [-0.2, 0) is 23.4 Å². The van der Waals surface area contributed by atoms with E-state index in [1.165, 1.54) is 20.0 Å². The van der Waals surface area contributed by atoms with Crippen molar-refractivity contribution >= 4 is 25.3 Å². The molecule has 0 aliphatic carbocycles. The summed E-state index contributed by atoms with van der Waals surface area (Å²) in [5.74, 6) is -0.436. The topological polar surface area (TPSA) is 158 Å². The number of para-hydroxylation sites is 1. The van der Waals surface area contributed by atoms with Gasteiger partial charge in [-0.15, -0.1) is 11.6 Å². The molecule has 14 heteroatoms. The van der Waals surface area contributed by atoms with Crippen LogP contribution >= 0.6 is 19.3 Å². The number of H-pyrrole nitrogens is 1. The zero-order valence-electron chi connectivity index (χ0n) is 20.7. The first kappa shape index (κ1) is 29.1. The average Bonchev–Trinajstić information content (AvgIpc) is 3.07. The molecular weight excluding hydrogens is 529 g/mol. The van der Waals surface area contributed by atoms with Crippen LogP contribution in [0.5, 0.6) is 5.75 Å². The third-order valence-electron chi connectivity index (χ3n) is 5.65. The summed E-state index contributed by atoms with van der Waals surface area (Å²) in [6.07, 6.45) is -0.993. The molecule has 2 heterocycles. The summed E-state index contributed by atoms with van der Waals surface area (Å²) in [7, 11) is -4.22. The quantitative estimate of drug-likeness (QED) is 0.152. The Hall–Kier alpha value is -2.47. The van der Waals surface area contributed by atoms with Gasteiger partial charge in [0.1, 0.15) is 28.9 Å². The first-order valence-electron chi connectivity index (χ1n) is 11.7. The van der Waals surface area contributed by atoms with Crippen LogP contribution in [0.3, 0.4) is 0 Å². The number of hydrogen-bond acceptors (Lipinski definition) is 9. The highest BCUT2D eigenvalue weighted by molar-refractivity contribution is 7.52. The standard InChI is InChI=1S/C23H31ClN3O9P/c1-4-5-13-33-20(30)15(2)26-37(32,36-16-9-7-6-8-10-16)34-14-17-19(29)23(3,24)21(35-17)27-12-11-18(28)25-22(27)31/h6-12,15,17,19,21,29H,4-5,13-14H2,1-3H3,(H,26,32)(H,25,28,31)/t15-,17-,19-,21-,23-,37?/m1/s1. The molecule has 204 valence electrons. The van der Waals surface area contributed by atoms with Gasteiger partial charge in [-0.3, -0.25) is 23.7 Å². The highest BCUT2D eigenvalue weighted by Crippen LogP contribution is 2.48. The van der Waals surface area contributed by atoms with E-state index in [0.717, 1.165) is 17.1 Å². The third kappa shape index (κ3) is 7.31. The summed E-state index contributed by atoms with van der Waals surface area (Å²) in [5.41, 5.74) is -1.39. The number of ether oxygens (including phenoxy) is 2. The molecule has 1 aliphatic rings. The number of carbonyl (C=O) groups is 1. The van der Waals surface area contributed by atoms with Crippen molar-refractivity contribution in [2.45, 2.75) is 63.0 Å². The SMILES string of the molecule is CCCCOC(=O)[C@@H](C)NP(=O)(OC[C@H]1O[C@@H](n2ccc(=O)[nH]c2=O)[C@](C)(Cl)[C@@H]1O)Oc1ccccc1. The maximum Gasteiger partial charge on any atom is 0.459 e. The maximum absolute atomic E-state index is 13.7. The first-order valence-corrected chi connectivity index (χ1v) is 13.7. The van der Waals surface area contributed by atoms with Gasteiger partial charge < -0.3 is 19.1 Å². The Morgan fingerprint density at radius 2 is 2.03 bits per heavy atom. The fourth-order valence-electron chi connectivity index (χ4n) is 3.58. The summed E-state index contributed by atoms with van der Waals surface area (Å²) in [6.45, 7) is 4.59. The van der Waals surface area contributed by atoms with Gasteiger partial charge in [0.15, 0.2) is 6.23 Å². The molecule has 1 unspecified atom stereocenters. The van der Waals surface area contributed by atoms with Crippen LogP contribution in [0, 0.1) is 0 Å². The van der Waals surface area contributed by atoms with Gasteiger partial charge in [-0.05, 0) is 32.4 Å². The van der Waals surface area contributed by atoms with E-state index < -0.39 is 60.9 Å². The van der Waals surface area contributed by atoms with Crippen molar-refractivity contribution in [3.05, 3.63) is 63.4 Å². The molecule has 3 rings (SSSR count). The molecule has 0 amide bonds. The summed E-state index contributed by atoms with van der Waals surface area (Å²) in [4.78, 5) is 36.6. The van der Waals surface area contributed by atoms with E-state index in [-0.39, 0.29) is 12.4 Å². The van der Waals surface area contributed by atoms with Crippen LogP contribution in [0.15, 0.2) is 52.2 Å². The average molecular weight is 560 g/mol. The van der Waals surface area contributed by atoms with E-state index >= 15 is 0 Å². The Bertz CT molecular complexity index is 1220. The van der Waals surface area contributed by atoms with Crippen LogP contribution in [0.2, 0.25) is 0 Å². The Morgan fingerprint density at radius 3 is 2.68 bits per heavy atom. The zero-order chi connectivity index (χ0) is 27.2. The minimum Gasteiger partial charge on any atom is -0.465 e. The lowest BCUT2D eigenvalue weighted by molar-refractivity contribution is -0.145. The molecule has 0 spiro atoms. The first-order chi connectivity index (χ1) is 17.5. The second-order valence-corrected chi connectivity index (χ2v) is 11.2. The van der Waals surface area contributed by atoms with Gasteiger partial charge in [-0.25, -0.2) is 9.36 Å². The molecule has 1 saturated heterocycles. The van der Waals surface area contributed by atoms with E-state index in [4.69, 9.17) is 30.1 Å². The number of aliphatic hydroxyl groups is 1. The Morgan fingerprint density at radius 1 is 1.32 bits per heavy atom. The number of carbonyl (C=O) groups excluding carboxylic acids is 1. The highest BCUT2D eigenvalue weighted by atomic mass is 35.5. The zero-order valence-corrected chi connectivity index (χ0v) is 22.3. The Balaban J connectivity index is 1.77. The number of nitrogens with one attached hydrogen (secondary N) is 2. The number of aromatic nitrogens is 2. The van der Waals surface area contributed by atoms with E-state index in [9.17, 15) is 24.1 Å². The predicted octanol–water partition coefficient (Wildman–Crippen LogP) is 2.32. The number of halogens is 1. The van der Waals surface area contributed by atoms with Crippen molar-refractivity contribution in [1.29, 1.82) is 0 Å². The fourth-order valence-corrected chi connectivity index (χ4v) is 5.38. The van der Waals surface area contributed by atoms with E-state index in [2.05, 4.69) is 10.1 Å². The van der Waals surface area contributed by atoms with Gasteiger partial charge in [-0.1, -0.05) is 31.5 Å². The summed E-state index contributed by atoms with van der Waals surface area (Å²) in [6, 6.07) is 8.24. The van der Waals surface area contributed by atoms with Crippen molar-refractivity contribution in [2.75, 3.05) is 13.2 Å². The number of aromatic amines is 1. The molecule has 1 aliphatic heterocycles. The lowest BCUT2D eigenvalue weighted by Gasteiger charge is -2.26. The number of hydrogen-bond donors (Lipinski definition) is 3. The Kier molecular flexibility index (Phi) is 9.74. The Labute approximate surface area is 218 Å². The minimum atomic E-state index is -4.22. The van der Waals surface area contributed by atoms with Crippen molar-refractivity contribution < 1.29 is 33.0 Å². The second kappa shape index (κ2) is 12.4. The summed E-state index contributed by atoms with van der Waals surface area (Å²) in [5, 5.41) is 13.4. The normalized spacial score (nSPS) is 25.8. The van der Waals surface area contributed by atoms with Crippen LogP contribution in [-0.4, -0.2) is 57.0 Å². The predicted molar refractivity (Wildman–Crippen MR) is 135 cm³/mol. The van der Waals surface area contributed by atoms with Gasteiger partial charge >= 0.3 is 19.4 Å². The van der Waals surface area contributed by atoms with Gasteiger partial charge in [0.2, 0.25) is 0 Å². The monoisotopic (exact) mass is 559 g/mol. The van der Waals surface area contributed by atoms with E-state index in [1.54, 1.807) is 30.3 Å². The fraction of sp³-hybridized carbons (Fsp3) is 0.522. The third-order valence-corrected chi connectivity index (χ3v) is 7.70. The van der Waals surface area contributed by atoms with Gasteiger partial charge in [0, 0.05) is 12.3 Å². The molecule has 12 nitrogen and oxygen atoms in total. The number of esters is 1. The van der Waals surface area contributed by atoms with Gasteiger partial charge in [-0.2, -0.15) is 5.09 Å². The minimum absolute atomic E-state index is 0.206.